The van der Waals surface area contributed by atoms with Crippen LogP contribution in [0.15, 0.2) is 22.7 Å². The van der Waals surface area contributed by atoms with Gasteiger partial charge in [0.05, 0.1) is 5.69 Å². The molecule has 0 spiro atoms. The standard InChI is InChI=1S/C17H24BrFN2/c1-11(2)21-9-12-4-3-5-13(10-21)17(12)20-16-8-14(19)6-7-15(16)18/h6-8,11-13,17,20H,3-5,9-10H2,1-2H3. The van der Waals surface area contributed by atoms with Gasteiger partial charge in [-0.05, 0) is 72.7 Å². The second-order valence-electron chi connectivity index (χ2n) is 6.79. The molecular formula is C17H24BrFN2. The Bertz CT molecular complexity index is 492. The van der Waals surface area contributed by atoms with Gasteiger partial charge in [-0.3, -0.25) is 0 Å². The molecule has 2 bridgehead atoms. The zero-order valence-electron chi connectivity index (χ0n) is 12.8. The molecule has 1 aromatic rings. The highest BCUT2D eigenvalue weighted by molar-refractivity contribution is 9.10. The summed E-state index contributed by atoms with van der Waals surface area (Å²) in [7, 11) is 0. The van der Waals surface area contributed by atoms with Crippen molar-refractivity contribution >= 4 is 21.6 Å². The number of halogens is 2. The van der Waals surface area contributed by atoms with E-state index in [4.69, 9.17) is 0 Å². The minimum Gasteiger partial charge on any atom is -0.381 e. The summed E-state index contributed by atoms with van der Waals surface area (Å²) in [5.74, 6) is 1.18. The van der Waals surface area contributed by atoms with E-state index in [0.29, 0.717) is 23.9 Å². The highest BCUT2D eigenvalue weighted by Gasteiger charge is 2.40. The number of anilines is 1. The summed E-state index contributed by atoms with van der Waals surface area (Å²) in [5.41, 5.74) is 0.898. The van der Waals surface area contributed by atoms with Crippen molar-refractivity contribution in [2.75, 3.05) is 18.4 Å². The van der Waals surface area contributed by atoms with Crippen molar-refractivity contribution in [3.63, 3.8) is 0 Å². The van der Waals surface area contributed by atoms with Gasteiger partial charge in [0.1, 0.15) is 5.82 Å². The summed E-state index contributed by atoms with van der Waals surface area (Å²) >= 11 is 3.53. The molecule has 116 valence electrons. The molecule has 2 nitrogen and oxygen atoms in total. The van der Waals surface area contributed by atoms with Crippen molar-refractivity contribution in [2.24, 2.45) is 11.8 Å². The van der Waals surface area contributed by atoms with Crippen LogP contribution in [0.3, 0.4) is 0 Å². The molecule has 1 heterocycles. The van der Waals surface area contributed by atoms with Crippen LogP contribution < -0.4 is 5.32 Å². The molecule has 1 aromatic carbocycles. The number of benzene rings is 1. The van der Waals surface area contributed by atoms with E-state index in [1.165, 1.54) is 38.4 Å². The predicted octanol–water partition coefficient (Wildman–Crippen LogP) is 4.51. The first kappa shape index (κ1) is 15.3. The van der Waals surface area contributed by atoms with E-state index in [-0.39, 0.29) is 5.82 Å². The summed E-state index contributed by atoms with van der Waals surface area (Å²) in [5, 5.41) is 3.64. The zero-order chi connectivity index (χ0) is 15.0. The number of rotatable bonds is 3. The van der Waals surface area contributed by atoms with Gasteiger partial charge in [-0.25, -0.2) is 4.39 Å². The third-order valence-electron chi connectivity index (χ3n) is 5.08. The summed E-state index contributed by atoms with van der Waals surface area (Å²) in [6.45, 7) is 6.90. The third-order valence-corrected chi connectivity index (χ3v) is 5.78. The zero-order valence-corrected chi connectivity index (χ0v) is 14.4. The van der Waals surface area contributed by atoms with Crippen LogP contribution in [0.4, 0.5) is 10.1 Å². The molecule has 1 saturated carbocycles. The van der Waals surface area contributed by atoms with Gasteiger partial charge in [0.2, 0.25) is 0 Å². The number of fused-ring (bicyclic) bond motifs is 2. The number of hydrogen-bond acceptors (Lipinski definition) is 2. The maximum atomic E-state index is 13.5. The van der Waals surface area contributed by atoms with Crippen molar-refractivity contribution in [1.29, 1.82) is 0 Å². The first-order valence-corrected chi connectivity index (χ1v) is 8.79. The van der Waals surface area contributed by atoms with Crippen molar-refractivity contribution in [3.8, 4) is 0 Å². The quantitative estimate of drug-likeness (QED) is 0.858. The van der Waals surface area contributed by atoms with E-state index >= 15 is 0 Å². The fourth-order valence-corrected chi connectivity index (χ4v) is 4.28. The number of piperidine rings is 1. The van der Waals surface area contributed by atoms with Crippen LogP contribution in [-0.4, -0.2) is 30.1 Å². The molecule has 1 aliphatic carbocycles. The number of hydrogen-bond donors (Lipinski definition) is 1. The van der Waals surface area contributed by atoms with Crippen LogP contribution in [0.1, 0.15) is 33.1 Å². The maximum Gasteiger partial charge on any atom is 0.125 e. The lowest BCUT2D eigenvalue weighted by Gasteiger charge is -2.49. The Hall–Kier alpha value is -0.610. The molecule has 1 aliphatic heterocycles. The first-order chi connectivity index (χ1) is 10.0. The average molecular weight is 355 g/mol. The molecule has 2 aliphatic rings. The highest BCUT2D eigenvalue weighted by Crippen LogP contribution is 2.38. The summed E-state index contributed by atoms with van der Waals surface area (Å²) < 4.78 is 14.4. The smallest absolute Gasteiger partial charge is 0.125 e. The SMILES string of the molecule is CC(C)N1CC2CCCC(C1)C2Nc1cc(F)ccc1Br. The molecule has 1 N–H and O–H groups in total. The molecule has 0 aromatic heterocycles. The molecule has 1 saturated heterocycles. The average Bonchev–Trinajstić information content (AvgIpc) is 2.42. The minimum absolute atomic E-state index is 0.175. The largest absolute Gasteiger partial charge is 0.381 e. The van der Waals surface area contributed by atoms with Crippen LogP contribution in [0.2, 0.25) is 0 Å². The number of nitrogens with one attached hydrogen (secondary N) is 1. The van der Waals surface area contributed by atoms with Crippen molar-refractivity contribution in [1.82, 2.24) is 4.90 Å². The fourth-order valence-electron chi connectivity index (χ4n) is 3.92. The van der Waals surface area contributed by atoms with Gasteiger partial charge in [-0.2, -0.15) is 0 Å². The molecule has 4 heteroatoms. The molecule has 0 amide bonds. The molecule has 3 rings (SSSR count). The van der Waals surface area contributed by atoms with Gasteiger partial charge in [0.15, 0.2) is 0 Å². The second kappa shape index (κ2) is 6.25. The predicted molar refractivity (Wildman–Crippen MR) is 89.1 cm³/mol. The number of nitrogens with zero attached hydrogens (tertiary/aromatic N) is 1. The number of likely N-dealkylation sites (tertiary alicyclic amines) is 1. The van der Waals surface area contributed by atoms with Gasteiger partial charge in [-0.15, -0.1) is 0 Å². The summed E-state index contributed by atoms with van der Waals surface area (Å²) in [4.78, 5) is 2.60. The topological polar surface area (TPSA) is 15.3 Å². The van der Waals surface area contributed by atoms with Crippen LogP contribution in [0.5, 0.6) is 0 Å². The third kappa shape index (κ3) is 3.26. The van der Waals surface area contributed by atoms with E-state index in [0.717, 1.165) is 10.2 Å². The molecule has 2 unspecified atom stereocenters. The van der Waals surface area contributed by atoms with E-state index in [1.807, 2.05) is 0 Å². The Morgan fingerprint density at radius 1 is 1.24 bits per heavy atom. The molecule has 2 atom stereocenters. The fraction of sp³-hybridized carbons (Fsp3) is 0.647. The van der Waals surface area contributed by atoms with E-state index < -0.39 is 0 Å². The van der Waals surface area contributed by atoms with Crippen LogP contribution >= 0.6 is 15.9 Å². The molecule has 21 heavy (non-hydrogen) atoms. The Morgan fingerprint density at radius 3 is 2.52 bits per heavy atom. The first-order valence-electron chi connectivity index (χ1n) is 8.00. The summed E-state index contributed by atoms with van der Waals surface area (Å²) in [6.07, 6.45) is 3.90. The van der Waals surface area contributed by atoms with Gasteiger partial charge in [-0.1, -0.05) is 6.42 Å². The molecular weight excluding hydrogens is 331 g/mol. The lowest BCUT2D eigenvalue weighted by molar-refractivity contribution is 0.0518. The second-order valence-corrected chi connectivity index (χ2v) is 7.65. The van der Waals surface area contributed by atoms with Gasteiger partial charge in [0.25, 0.3) is 0 Å². The van der Waals surface area contributed by atoms with Crippen molar-refractivity contribution in [3.05, 3.63) is 28.5 Å². The minimum atomic E-state index is -0.175. The molecule has 0 radical (unpaired) electrons. The van der Waals surface area contributed by atoms with Gasteiger partial charge in [0, 0.05) is 29.6 Å². The van der Waals surface area contributed by atoms with E-state index in [2.05, 4.69) is 40.0 Å². The lowest BCUT2D eigenvalue weighted by atomic mass is 9.73. The van der Waals surface area contributed by atoms with Crippen LogP contribution in [-0.2, 0) is 0 Å². The van der Waals surface area contributed by atoms with Gasteiger partial charge >= 0.3 is 0 Å². The Morgan fingerprint density at radius 2 is 1.90 bits per heavy atom. The van der Waals surface area contributed by atoms with Gasteiger partial charge < -0.3 is 10.2 Å². The van der Waals surface area contributed by atoms with E-state index in [1.54, 1.807) is 12.1 Å². The monoisotopic (exact) mass is 354 g/mol. The summed E-state index contributed by atoms with van der Waals surface area (Å²) in [6, 6.07) is 5.99. The highest BCUT2D eigenvalue weighted by atomic mass is 79.9. The molecule has 2 fully saturated rings. The van der Waals surface area contributed by atoms with Crippen molar-refractivity contribution in [2.45, 2.75) is 45.2 Å². The Kier molecular flexibility index (Phi) is 4.55. The lowest BCUT2D eigenvalue weighted by Crippen LogP contribution is -2.56. The van der Waals surface area contributed by atoms with Crippen LogP contribution in [0, 0.1) is 17.7 Å². The normalized spacial score (nSPS) is 29.7. The Labute approximate surface area is 135 Å². The van der Waals surface area contributed by atoms with E-state index in [9.17, 15) is 4.39 Å². The Balaban J connectivity index is 1.78. The van der Waals surface area contributed by atoms with Crippen molar-refractivity contribution < 1.29 is 4.39 Å². The van der Waals surface area contributed by atoms with Crippen LogP contribution in [0.25, 0.3) is 0 Å². The maximum absolute atomic E-state index is 13.5.